The molecule has 0 aliphatic carbocycles. The average Bonchev–Trinajstić information content (AvgIpc) is 2.10. The Labute approximate surface area is 79.0 Å². The molecule has 0 saturated carbocycles. The molecule has 82 valence electrons. The Morgan fingerprint density at radius 3 is 2.43 bits per heavy atom. The summed E-state index contributed by atoms with van der Waals surface area (Å²) in [6, 6.07) is 0. The summed E-state index contributed by atoms with van der Waals surface area (Å²) >= 11 is 0. The standard InChI is InChI=1S/C7H11F2NO4/c1-14-4(2-5(11)12)3-10-7(13)6(8)9/h4,6H,2-3H2,1H3,(H,10,13)(H,11,12). The minimum absolute atomic E-state index is 0.244. The lowest BCUT2D eigenvalue weighted by Crippen LogP contribution is -2.37. The number of alkyl halides is 2. The number of rotatable bonds is 6. The van der Waals surface area contributed by atoms with Gasteiger partial charge in [-0.05, 0) is 0 Å². The minimum atomic E-state index is -3.10. The van der Waals surface area contributed by atoms with Crippen molar-refractivity contribution < 1.29 is 28.2 Å². The lowest BCUT2D eigenvalue weighted by molar-refractivity contribution is -0.140. The van der Waals surface area contributed by atoms with Gasteiger partial charge >= 0.3 is 12.4 Å². The number of carbonyl (C=O) groups is 2. The number of methoxy groups -OCH3 is 1. The second kappa shape index (κ2) is 6.25. The lowest BCUT2D eigenvalue weighted by atomic mass is 10.2. The second-order valence-electron chi connectivity index (χ2n) is 2.50. The number of amides is 1. The van der Waals surface area contributed by atoms with Crippen LogP contribution in [-0.2, 0) is 14.3 Å². The van der Waals surface area contributed by atoms with Crippen molar-refractivity contribution in [3.05, 3.63) is 0 Å². The highest BCUT2D eigenvalue weighted by atomic mass is 19.3. The van der Waals surface area contributed by atoms with E-state index in [0.29, 0.717) is 0 Å². The number of aliphatic carboxylic acids is 1. The number of nitrogens with one attached hydrogen (secondary N) is 1. The van der Waals surface area contributed by atoms with Gasteiger partial charge in [0.1, 0.15) is 0 Å². The van der Waals surface area contributed by atoms with Gasteiger partial charge < -0.3 is 15.2 Å². The first-order valence-corrected chi connectivity index (χ1v) is 3.77. The predicted octanol–water partition coefficient (Wildman–Crippen LogP) is -0.143. The zero-order valence-corrected chi connectivity index (χ0v) is 7.50. The van der Waals surface area contributed by atoms with Crippen molar-refractivity contribution >= 4 is 11.9 Å². The predicted molar refractivity (Wildman–Crippen MR) is 42.1 cm³/mol. The third-order valence-corrected chi connectivity index (χ3v) is 1.44. The summed E-state index contributed by atoms with van der Waals surface area (Å²) in [5.74, 6) is -2.56. The summed E-state index contributed by atoms with van der Waals surface area (Å²) in [7, 11) is 1.24. The number of ether oxygens (including phenoxy) is 1. The molecule has 0 radical (unpaired) electrons. The number of carboxylic acids is 1. The Bertz CT molecular complexity index is 210. The molecule has 0 bridgehead atoms. The molecule has 1 amide bonds. The van der Waals surface area contributed by atoms with Gasteiger partial charge in [0.25, 0.3) is 5.91 Å². The first-order valence-electron chi connectivity index (χ1n) is 3.77. The Morgan fingerprint density at radius 2 is 2.07 bits per heavy atom. The molecule has 0 spiro atoms. The molecule has 5 nitrogen and oxygen atoms in total. The van der Waals surface area contributed by atoms with E-state index in [1.807, 2.05) is 5.32 Å². The van der Waals surface area contributed by atoms with Crippen LogP contribution in [-0.4, -0.2) is 43.2 Å². The van der Waals surface area contributed by atoms with Crippen LogP contribution >= 0.6 is 0 Å². The molecule has 7 heteroatoms. The topological polar surface area (TPSA) is 75.6 Å². The molecule has 0 saturated heterocycles. The van der Waals surface area contributed by atoms with Crippen LogP contribution in [0.1, 0.15) is 6.42 Å². The SMILES string of the molecule is COC(CNC(=O)C(F)F)CC(=O)O. The van der Waals surface area contributed by atoms with Gasteiger partial charge in [0, 0.05) is 13.7 Å². The summed E-state index contributed by atoms with van der Waals surface area (Å²) in [4.78, 5) is 20.6. The number of hydrogen-bond donors (Lipinski definition) is 2. The smallest absolute Gasteiger partial charge is 0.315 e. The summed E-state index contributed by atoms with van der Waals surface area (Å²) in [5, 5.41) is 10.2. The van der Waals surface area contributed by atoms with Gasteiger partial charge in [-0.2, -0.15) is 8.78 Å². The van der Waals surface area contributed by atoms with Crippen molar-refractivity contribution in [1.29, 1.82) is 0 Å². The van der Waals surface area contributed by atoms with E-state index < -0.39 is 24.4 Å². The maximum atomic E-state index is 11.7. The van der Waals surface area contributed by atoms with Crippen molar-refractivity contribution in [2.24, 2.45) is 0 Å². The van der Waals surface area contributed by atoms with Crippen molar-refractivity contribution in [2.75, 3.05) is 13.7 Å². The normalized spacial score (nSPS) is 12.6. The van der Waals surface area contributed by atoms with E-state index in [4.69, 9.17) is 5.11 Å². The zero-order valence-electron chi connectivity index (χ0n) is 7.50. The Morgan fingerprint density at radius 1 is 1.50 bits per heavy atom. The molecule has 14 heavy (non-hydrogen) atoms. The quantitative estimate of drug-likeness (QED) is 0.641. The van der Waals surface area contributed by atoms with Crippen LogP contribution in [0, 0.1) is 0 Å². The fourth-order valence-electron chi connectivity index (χ4n) is 0.725. The molecule has 2 N–H and O–H groups in total. The van der Waals surface area contributed by atoms with Crippen molar-refractivity contribution in [2.45, 2.75) is 19.0 Å². The zero-order chi connectivity index (χ0) is 11.1. The molecule has 0 aromatic heterocycles. The second-order valence-corrected chi connectivity index (χ2v) is 2.50. The molecule has 1 unspecified atom stereocenters. The fraction of sp³-hybridized carbons (Fsp3) is 0.714. The van der Waals surface area contributed by atoms with Crippen LogP contribution < -0.4 is 5.32 Å². The fourth-order valence-corrected chi connectivity index (χ4v) is 0.725. The number of halogens is 2. The third-order valence-electron chi connectivity index (χ3n) is 1.44. The van der Waals surface area contributed by atoms with Crippen LogP contribution in [0.2, 0.25) is 0 Å². The highest BCUT2D eigenvalue weighted by Crippen LogP contribution is 1.97. The number of carbonyl (C=O) groups excluding carboxylic acids is 1. The molecule has 0 aromatic carbocycles. The molecule has 0 aliphatic rings. The molecule has 0 heterocycles. The van der Waals surface area contributed by atoms with Crippen LogP contribution in [0.15, 0.2) is 0 Å². The maximum absolute atomic E-state index is 11.7. The van der Waals surface area contributed by atoms with E-state index in [1.54, 1.807) is 0 Å². The van der Waals surface area contributed by atoms with E-state index in [-0.39, 0.29) is 13.0 Å². The average molecular weight is 211 g/mol. The van der Waals surface area contributed by atoms with Crippen LogP contribution in [0.5, 0.6) is 0 Å². The van der Waals surface area contributed by atoms with Crippen LogP contribution in [0.25, 0.3) is 0 Å². The highest BCUT2D eigenvalue weighted by Gasteiger charge is 2.18. The van der Waals surface area contributed by atoms with E-state index in [2.05, 4.69) is 4.74 Å². The molecule has 0 rings (SSSR count). The first kappa shape index (κ1) is 12.8. The molecule has 0 aromatic rings. The van der Waals surface area contributed by atoms with Gasteiger partial charge in [-0.15, -0.1) is 0 Å². The van der Waals surface area contributed by atoms with Gasteiger partial charge in [-0.3, -0.25) is 9.59 Å². The van der Waals surface area contributed by atoms with Crippen molar-refractivity contribution in [3.63, 3.8) is 0 Å². The van der Waals surface area contributed by atoms with Crippen LogP contribution in [0.4, 0.5) is 8.78 Å². The molecule has 0 fully saturated rings. The van der Waals surface area contributed by atoms with E-state index >= 15 is 0 Å². The Kier molecular flexibility index (Phi) is 5.70. The van der Waals surface area contributed by atoms with E-state index in [1.165, 1.54) is 7.11 Å². The minimum Gasteiger partial charge on any atom is -0.481 e. The third kappa shape index (κ3) is 5.41. The molecular weight excluding hydrogens is 200 g/mol. The van der Waals surface area contributed by atoms with Crippen molar-refractivity contribution in [3.8, 4) is 0 Å². The number of carboxylic acid groups (broad SMARTS) is 1. The van der Waals surface area contributed by atoms with Gasteiger partial charge in [0.15, 0.2) is 0 Å². The Hall–Kier alpha value is -1.24. The van der Waals surface area contributed by atoms with E-state index in [0.717, 1.165) is 0 Å². The van der Waals surface area contributed by atoms with Gasteiger partial charge in [0.05, 0.1) is 12.5 Å². The van der Waals surface area contributed by atoms with Gasteiger partial charge in [0.2, 0.25) is 0 Å². The van der Waals surface area contributed by atoms with Gasteiger partial charge in [-0.1, -0.05) is 0 Å². The molecular formula is C7H11F2NO4. The highest BCUT2D eigenvalue weighted by molar-refractivity contribution is 5.79. The Balaban J connectivity index is 3.83. The summed E-state index contributed by atoms with van der Waals surface area (Å²) < 4.78 is 28.0. The summed E-state index contributed by atoms with van der Waals surface area (Å²) in [6.07, 6.45) is -4.24. The maximum Gasteiger partial charge on any atom is 0.315 e. The van der Waals surface area contributed by atoms with Gasteiger partial charge in [-0.25, -0.2) is 0 Å². The summed E-state index contributed by atoms with van der Waals surface area (Å²) in [5.41, 5.74) is 0. The molecule has 0 aliphatic heterocycles. The lowest BCUT2D eigenvalue weighted by Gasteiger charge is -2.13. The number of hydrogen-bond acceptors (Lipinski definition) is 3. The largest absolute Gasteiger partial charge is 0.481 e. The van der Waals surface area contributed by atoms with E-state index in [9.17, 15) is 18.4 Å². The monoisotopic (exact) mass is 211 g/mol. The van der Waals surface area contributed by atoms with Crippen LogP contribution in [0.3, 0.4) is 0 Å². The van der Waals surface area contributed by atoms with Crippen molar-refractivity contribution in [1.82, 2.24) is 5.32 Å². The summed E-state index contributed by atoms with van der Waals surface area (Å²) in [6.45, 7) is -0.244. The first-order chi connectivity index (χ1) is 6.47. The molecule has 1 atom stereocenters.